The van der Waals surface area contributed by atoms with E-state index in [4.69, 9.17) is 9.47 Å². The summed E-state index contributed by atoms with van der Waals surface area (Å²) >= 11 is 0. The van der Waals surface area contributed by atoms with Crippen molar-refractivity contribution in [3.63, 3.8) is 0 Å². The Balaban J connectivity index is 1.82. The van der Waals surface area contributed by atoms with Gasteiger partial charge in [0.25, 0.3) is 0 Å². The fraction of sp³-hybridized carbons (Fsp3) is 0.538. The van der Waals surface area contributed by atoms with Crippen LogP contribution in [0.25, 0.3) is 11.1 Å². The molecule has 0 atom stereocenters. The second kappa shape index (κ2) is 12.5. The van der Waals surface area contributed by atoms with Crippen molar-refractivity contribution in [1.82, 2.24) is 0 Å². The van der Waals surface area contributed by atoms with Crippen LogP contribution in [0.4, 0.5) is 0 Å². The van der Waals surface area contributed by atoms with Crippen LogP contribution in [0.2, 0.25) is 0 Å². The monoisotopic (exact) mass is 382 g/mol. The lowest BCUT2D eigenvalue weighted by Crippen LogP contribution is -2.00. The van der Waals surface area contributed by atoms with E-state index >= 15 is 0 Å². The Hall–Kier alpha value is -1.96. The van der Waals surface area contributed by atoms with Crippen molar-refractivity contribution in [3.8, 4) is 22.6 Å². The largest absolute Gasteiger partial charge is 0.494 e. The van der Waals surface area contributed by atoms with Crippen LogP contribution in [0.3, 0.4) is 0 Å². The third kappa shape index (κ3) is 7.22. The molecular formula is C26H38O2. The maximum Gasteiger partial charge on any atom is 0.122 e. The fourth-order valence-corrected chi connectivity index (χ4v) is 3.57. The van der Waals surface area contributed by atoms with Gasteiger partial charge in [-0.25, -0.2) is 0 Å². The molecule has 0 saturated heterocycles. The highest BCUT2D eigenvalue weighted by Crippen LogP contribution is 2.31. The first-order chi connectivity index (χ1) is 13.7. The van der Waals surface area contributed by atoms with E-state index in [9.17, 15) is 0 Å². The van der Waals surface area contributed by atoms with Crippen LogP contribution in [0.1, 0.15) is 76.3 Å². The summed E-state index contributed by atoms with van der Waals surface area (Å²) in [5.41, 5.74) is 4.94. The van der Waals surface area contributed by atoms with Crippen molar-refractivity contribution in [2.45, 2.75) is 79.1 Å². The minimum absolute atomic E-state index is 0.697. The lowest BCUT2D eigenvalue weighted by Gasteiger charge is -2.14. The van der Waals surface area contributed by atoms with Gasteiger partial charge in [-0.05, 0) is 73.7 Å². The zero-order chi connectivity index (χ0) is 20.2. The molecule has 0 unspecified atom stereocenters. The van der Waals surface area contributed by atoms with E-state index in [0.29, 0.717) is 6.61 Å². The van der Waals surface area contributed by atoms with Gasteiger partial charge in [-0.15, -0.1) is 0 Å². The molecule has 0 saturated carbocycles. The summed E-state index contributed by atoms with van der Waals surface area (Å²) in [4.78, 5) is 0. The molecule has 0 aliphatic heterocycles. The number of rotatable bonds is 13. The lowest BCUT2D eigenvalue weighted by atomic mass is 9.98. The van der Waals surface area contributed by atoms with Gasteiger partial charge < -0.3 is 9.47 Å². The minimum Gasteiger partial charge on any atom is -0.494 e. The molecule has 2 aromatic rings. The predicted octanol–water partition coefficient (Wildman–Crippen LogP) is 7.89. The van der Waals surface area contributed by atoms with Gasteiger partial charge in [0.1, 0.15) is 11.5 Å². The van der Waals surface area contributed by atoms with Crippen LogP contribution in [0, 0.1) is 13.8 Å². The van der Waals surface area contributed by atoms with Crippen molar-refractivity contribution in [3.05, 3.63) is 47.5 Å². The Kier molecular flexibility index (Phi) is 9.96. The van der Waals surface area contributed by atoms with Gasteiger partial charge in [0.15, 0.2) is 0 Å². The summed E-state index contributed by atoms with van der Waals surface area (Å²) in [7, 11) is 0. The average molecular weight is 383 g/mol. The van der Waals surface area contributed by atoms with Gasteiger partial charge in [0.2, 0.25) is 0 Å². The smallest absolute Gasteiger partial charge is 0.122 e. The van der Waals surface area contributed by atoms with E-state index < -0.39 is 0 Å². The Morgan fingerprint density at radius 3 is 1.96 bits per heavy atom. The van der Waals surface area contributed by atoms with Crippen LogP contribution in [0.15, 0.2) is 36.4 Å². The van der Waals surface area contributed by atoms with Crippen LogP contribution in [-0.2, 0) is 0 Å². The standard InChI is InChI=1S/C26H38O2/c1-5-7-8-9-10-11-12-13-18-28-26-20-21(3)25(19-22(26)4)23-14-16-24(17-15-23)27-6-2/h14-17,19-20H,5-13,18H2,1-4H3. The minimum atomic E-state index is 0.697. The number of hydrogen-bond acceptors (Lipinski definition) is 2. The first-order valence-electron chi connectivity index (χ1n) is 11.1. The summed E-state index contributed by atoms with van der Waals surface area (Å²) in [5.74, 6) is 1.95. The summed E-state index contributed by atoms with van der Waals surface area (Å²) in [6.07, 6.45) is 10.6. The maximum absolute atomic E-state index is 6.08. The highest BCUT2D eigenvalue weighted by Gasteiger charge is 2.08. The molecule has 28 heavy (non-hydrogen) atoms. The second-order valence-electron chi connectivity index (χ2n) is 7.71. The normalized spacial score (nSPS) is 10.9. The SMILES string of the molecule is CCCCCCCCCCOc1cc(C)c(-c2ccc(OCC)cc2)cc1C. The molecule has 0 heterocycles. The number of hydrogen-bond donors (Lipinski definition) is 0. The molecule has 0 bridgehead atoms. The molecule has 0 N–H and O–H groups in total. The summed E-state index contributed by atoms with van der Waals surface area (Å²) in [5, 5.41) is 0. The van der Waals surface area contributed by atoms with Crippen LogP contribution in [-0.4, -0.2) is 13.2 Å². The highest BCUT2D eigenvalue weighted by molar-refractivity contribution is 5.70. The molecule has 0 amide bonds. The van der Waals surface area contributed by atoms with Crippen LogP contribution >= 0.6 is 0 Å². The quantitative estimate of drug-likeness (QED) is 0.328. The zero-order valence-electron chi connectivity index (χ0n) is 18.4. The van der Waals surface area contributed by atoms with E-state index in [2.05, 4.69) is 45.0 Å². The van der Waals surface area contributed by atoms with E-state index in [1.165, 1.54) is 67.2 Å². The van der Waals surface area contributed by atoms with Gasteiger partial charge in [0, 0.05) is 0 Å². The molecule has 0 radical (unpaired) electrons. The molecule has 154 valence electrons. The van der Waals surface area contributed by atoms with E-state index in [1.54, 1.807) is 0 Å². The predicted molar refractivity (Wildman–Crippen MR) is 121 cm³/mol. The molecule has 0 aliphatic carbocycles. The van der Waals surface area contributed by atoms with Gasteiger partial charge in [-0.2, -0.15) is 0 Å². The number of aryl methyl sites for hydroxylation is 2. The third-order valence-corrected chi connectivity index (χ3v) is 5.25. The van der Waals surface area contributed by atoms with Crippen molar-refractivity contribution in [1.29, 1.82) is 0 Å². The van der Waals surface area contributed by atoms with Crippen molar-refractivity contribution in [2.24, 2.45) is 0 Å². The van der Waals surface area contributed by atoms with E-state index in [1.807, 2.05) is 19.1 Å². The molecule has 2 aromatic carbocycles. The van der Waals surface area contributed by atoms with Crippen LogP contribution < -0.4 is 9.47 Å². The third-order valence-electron chi connectivity index (χ3n) is 5.25. The molecule has 0 aromatic heterocycles. The topological polar surface area (TPSA) is 18.5 Å². The Morgan fingerprint density at radius 2 is 1.32 bits per heavy atom. The molecular weight excluding hydrogens is 344 g/mol. The summed E-state index contributed by atoms with van der Waals surface area (Å²) < 4.78 is 11.6. The van der Waals surface area contributed by atoms with Crippen molar-refractivity contribution >= 4 is 0 Å². The Morgan fingerprint density at radius 1 is 0.679 bits per heavy atom. The summed E-state index contributed by atoms with van der Waals surface area (Å²) in [6.45, 7) is 10.1. The van der Waals surface area contributed by atoms with E-state index in [0.717, 1.165) is 24.5 Å². The molecule has 2 rings (SSSR count). The number of ether oxygens (including phenoxy) is 2. The molecule has 2 heteroatoms. The molecule has 2 nitrogen and oxygen atoms in total. The van der Waals surface area contributed by atoms with Gasteiger partial charge in [-0.3, -0.25) is 0 Å². The van der Waals surface area contributed by atoms with Gasteiger partial charge in [0.05, 0.1) is 13.2 Å². The van der Waals surface area contributed by atoms with E-state index in [-0.39, 0.29) is 0 Å². The summed E-state index contributed by atoms with van der Waals surface area (Å²) in [6, 6.07) is 12.8. The number of benzene rings is 2. The lowest BCUT2D eigenvalue weighted by molar-refractivity contribution is 0.302. The first kappa shape index (κ1) is 22.3. The molecule has 0 aliphatic rings. The molecule has 0 spiro atoms. The van der Waals surface area contributed by atoms with Gasteiger partial charge in [-0.1, -0.05) is 64.0 Å². The van der Waals surface area contributed by atoms with Crippen LogP contribution in [0.5, 0.6) is 11.5 Å². The highest BCUT2D eigenvalue weighted by atomic mass is 16.5. The van der Waals surface area contributed by atoms with Gasteiger partial charge >= 0.3 is 0 Å². The Labute approximate surface area is 172 Å². The molecule has 0 fully saturated rings. The second-order valence-corrected chi connectivity index (χ2v) is 7.71. The zero-order valence-corrected chi connectivity index (χ0v) is 18.4. The van der Waals surface area contributed by atoms with Crippen molar-refractivity contribution in [2.75, 3.05) is 13.2 Å². The number of unbranched alkanes of at least 4 members (excludes halogenated alkanes) is 7. The fourth-order valence-electron chi connectivity index (χ4n) is 3.57. The Bertz CT molecular complexity index is 688. The average Bonchev–Trinajstić information content (AvgIpc) is 2.70. The first-order valence-corrected chi connectivity index (χ1v) is 11.1. The maximum atomic E-state index is 6.08. The van der Waals surface area contributed by atoms with Crippen molar-refractivity contribution < 1.29 is 9.47 Å².